The van der Waals surface area contributed by atoms with Crippen LogP contribution in [0.2, 0.25) is 0 Å². The number of nitrogens with one attached hydrogen (secondary N) is 2. The Kier molecular flexibility index (Phi) is 7.25. The minimum Gasteiger partial charge on any atom is -0.356 e. The Balaban J connectivity index is 1.96. The number of rotatable bonds is 7. The van der Waals surface area contributed by atoms with Gasteiger partial charge < -0.3 is 10.6 Å². The first kappa shape index (κ1) is 14.5. The lowest BCUT2D eigenvalue weighted by Crippen LogP contribution is -2.35. The van der Waals surface area contributed by atoms with E-state index in [0.717, 1.165) is 31.8 Å². The highest BCUT2D eigenvalue weighted by atomic mass is 16.1. The summed E-state index contributed by atoms with van der Waals surface area (Å²) >= 11 is 0. The monoisotopic (exact) mass is 240 g/mol. The fourth-order valence-electron chi connectivity index (χ4n) is 2.30. The molecular weight excluding hydrogens is 212 g/mol. The maximum absolute atomic E-state index is 11.6. The molecule has 1 aliphatic rings. The second-order valence-electron chi connectivity index (χ2n) is 5.57. The van der Waals surface area contributed by atoms with Crippen LogP contribution in [0.15, 0.2) is 0 Å². The molecule has 0 saturated carbocycles. The fraction of sp³-hybridized carbons (Fsp3) is 0.929. The number of carbonyl (C=O) groups is 1. The predicted molar refractivity (Wildman–Crippen MR) is 72.0 cm³/mol. The zero-order valence-electron chi connectivity index (χ0n) is 11.4. The fourth-order valence-corrected chi connectivity index (χ4v) is 2.30. The van der Waals surface area contributed by atoms with Gasteiger partial charge >= 0.3 is 0 Å². The van der Waals surface area contributed by atoms with Crippen molar-refractivity contribution in [2.45, 2.75) is 64.8 Å². The molecule has 1 unspecified atom stereocenters. The molecule has 1 aliphatic heterocycles. The third kappa shape index (κ3) is 7.37. The van der Waals surface area contributed by atoms with Gasteiger partial charge in [0.05, 0.1) is 0 Å². The molecule has 1 amide bonds. The molecule has 17 heavy (non-hydrogen) atoms. The van der Waals surface area contributed by atoms with Gasteiger partial charge in [0.15, 0.2) is 0 Å². The van der Waals surface area contributed by atoms with Crippen LogP contribution in [0.5, 0.6) is 0 Å². The van der Waals surface area contributed by atoms with Crippen molar-refractivity contribution in [1.82, 2.24) is 10.6 Å². The van der Waals surface area contributed by atoms with Crippen molar-refractivity contribution >= 4 is 5.91 Å². The van der Waals surface area contributed by atoms with E-state index in [1.807, 2.05) is 0 Å². The van der Waals surface area contributed by atoms with Crippen LogP contribution in [0.3, 0.4) is 0 Å². The summed E-state index contributed by atoms with van der Waals surface area (Å²) in [5, 5.41) is 6.49. The first-order valence-corrected chi connectivity index (χ1v) is 7.18. The van der Waals surface area contributed by atoms with E-state index in [0.29, 0.717) is 12.5 Å². The van der Waals surface area contributed by atoms with Gasteiger partial charge in [0.25, 0.3) is 0 Å². The third-order valence-electron chi connectivity index (χ3n) is 3.41. The van der Waals surface area contributed by atoms with Crippen LogP contribution in [0.4, 0.5) is 0 Å². The van der Waals surface area contributed by atoms with Crippen molar-refractivity contribution < 1.29 is 4.79 Å². The Morgan fingerprint density at radius 2 is 2.24 bits per heavy atom. The molecule has 3 heteroatoms. The van der Waals surface area contributed by atoms with Crippen molar-refractivity contribution in [3.05, 3.63) is 0 Å². The van der Waals surface area contributed by atoms with Gasteiger partial charge in [-0.25, -0.2) is 0 Å². The average Bonchev–Trinajstić information content (AvgIpc) is 2.33. The van der Waals surface area contributed by atoms with Gasteiger partial charge in [-0.2, -0.15) is 0 Å². The van der Waals surface area contributed by atoms with E-state index >= 15 is 0 Å². The highest BCUT2D eigenvalue weighted by Gasteiger charge is 2.13. The minimum absolute atomic E-state index is 0.223. The van der Waals surface area contributed by atoms with Crippen molar-refractivity contribution in [3.63, 3.8) is 0 Å². The highest BCUT2D eigenvalue weighted by Crippen LogP contribution is 2.11. The molecule has 1 atom stereocenters. The van der Waals surface area contributed by atoms with Gasteiger partial charge in [0, 0.05) is 19.0 Å². The van der Waals surface area contributed by atoms with Gasteiger partial charge in [-0.1, -0.05) is 20.3 Å². The molecular formula is C14H28N2O. The molecule has 2 N–H and O–H groups in total. The maximum atomic E-state index is 11.6. The number of piperidine rings is 1. The van der Waals surface area contributed by atoms with Gasteiger partial charge in [-0.3, -0.25) is 4.79 Å². The van der Waals surface area contributed by atoms with Crippen molar-refractivity contribution in [3.8, 4) is 0 Å². The SMILES string of the molecule is CC(C)CCCNC(=O)CCC1CCCCN1. The zero-order chi connectivity index (χ0) is 12.5. The molecule has 1 fully saturated rings. The molecule has 0 aromatic heterocycles. The Morgan fingerprint density at radius 3 is 2.88 bits per heavy atom. The highest BCUT2D eigenvalue weighted by molar-refractivity contribution is 5.75. The standard InChI is InChI=1S/C14H28N2O/c1-12(2)6-5-11-16-14(17)9-8-13-7-3-4-10-15-13/h12-13,15H,3-11H2,1-2H3,(H,16,17). The lowest BCUT2D eigenvalue weighted by Gasteiger charge is -2.23. The van der Waals surface area contributed by atoms with E-state index in [9.17, 15) is 4.79 Å². The third-order valence-corrected chi connectivity index (χ3v) is 3.41. The summed E-state index contributed by atoms with van der Waals surface area (Å²) in [6, 6.07) is 0.574. The molecule has 1 rings (SSSR count). The normalized spacial score (nSPS) is 20.5. The second kappa shape index (κ2) is 8.51. The van der Waals surface area contributed by atoms with Crippen LogP contribution in [0.1, 0.15) is 58.8 Å². The maximum Gasteiger partial charge on any atom is 0.220 e. The number of hydrogen-bond donors (Lipinski definition) is 2. The lowest BCUT2D eigenvalue weighted by atomic mass is 10.0. The van der Waals surface area contributed by atoms with Gasteiger partial charge in [-0.15, -0.1) is 0 Å². The molecule has 0 aromatic rings. The molecule has 0 bridgehead atoms. The smallest absolute Gasteiger partial charge is 0.220 e. The van der Waals surface area contributed by atoms with E-state index < -0.39 is 0 Å². The lowest BCUT2D eigenvalue weighted by molar-refractivity contribution is -0.121. The van der Waals surface area contributed by atoms with E-state index in [1.165, 1.54) is 25.7 Å². The number of amides is 1. The number of hydrogen-bond acceptors (Lipinski definition) is 2. The summed E-state index contributed by atoms with van der Waals surface area (Å²) in [5.74, 6) is 0.958. The summed E-state index contributed by atoms with van der Waals surface area (Å²) in [6.45, 7) is 6.41. The summed E-state index contributed by atoms with van der Waals surface area (Å²) < 4.78 is 0. The molecule has 0 aliphatic carbocycles. The predicted octanol–water partition coefficient (Wildman–Crippen LogP) is 2.46. The van der Waals surface area contributed by atoms with Crippen LogP contribution in [-0.4, -0.2) is 25.0 Å². The molecule has 1 saturated heterocycles. The van der Waals surface area contributed by atoms with Gasteiger partial charge in [0.1, 0.15) is 0 Å². The van der Waals surface area contributed by atoms with Gasteiger partial charge in [-0.05, 0) is 44.6 Å². The summed E-state index contributed by atoms with van der Waals surface area (Å²) in [5.41, 5.74) is 0. The Labute approximate surface area is 106 Å². The van der Waals surface area contributed by atoms with Crippen LogP contribution in [0.25, 0.3) is 0 Å². The Bertz CT molecular complexity index is 210. The zero-order valence-corrected chi connectivity index (χ0v) is 11.4. The van der Waals surface area contributed by atoms with Crippen LogP contribution < -0.4 is 10.6 Å². The average molecular weight is 240 g/mol. The van der Waals surface area contributed by atoms with Crippen LogP contribution in [-0.2, 0) is 4.79 Å². The van der Waals surface area contributed by atoms with Gasteiger partial charge in [0.2, 0.25) is 5.91 Å². The number of carbonyl (C=O) groups excluding carboxylic acids is 1. The Morgan fingerprint density at radius 1 is 1.41 bits per heavy atom. The first-order valence-electron chi connectivity index (χ1n) is 7.18. The molecule has 0 radical (unpaired) electrons. The summed E-state index contributed by atoms with van der Waals surface area (Å²) in [7, 11) is 0. The van der Waals surface area contributed by atoms with Crippen molar-refractivity contribution in [2.75, 3.05) is 13.1 Å². The quantitative estimate of drug-likeness (QED) is 0.671. The van der Waals surface area contributed by atoms with Crippen LogP contribution in [0, 0.1) is 5.92 Å². The second-order valence-corrected chi connectivity index (χ2v) is 5.57. The van der Waals surface area contributed by atoms with E-state index in [1.54, 1.807) is 0 Å². The van der Waals surface area contributed by atoms with Crippen LogP contribution >= 0.6 is 0 Å². The largest absolute Gasteiger partial charge is 0.356 e. The van der Waals surface area contributed by atoms with Crippen molar-refractivity contribution in [2.24, 2.45) is 5.92 Å². The van der Waals surface area contributed by atoms with E-state index in [-0.39, 0.29) is 5.91 Å². The summed E-state index contributed by atoms with van der Waals surface area (Å²) in [6.07, 6.45) is 7.82. The molecule has 0 spiro atoms. The topological polar surface area (TPSA) is 41.1 Å². The first-order chi connectivity index (χ1) is 8.18. The molecule has 100 valence electrons. The minimum atomic E-state index is 0.223. The molecule has 3 nitrogen and oxygen atoms in total. The Hall–Kier alpha value is -0.570. The molecule has 0 aromatic carbocycles. The summed E-state index contributed by atoms with van der Waals surface area (Å²) in [4.78, 5) is 11.6. The van der Waals surface area contributed by atoms with E-state index in [4.69, 9.17) is 0 Å². The van der Waals surface area contributed by atoms with E-state index in [2.05, 4.69) is 24.5 Å². The molecule has 1 heterocycles. The van der Waals surface area contributed by atoms with Crippen molar-refractivity contribution in [1.29, 1.82) is 0 Å².